The average molecular weight is 423 g/mol. The zero-order valence-corrected chi connectivity index (χ0v) is 16.9. The highest BCUT2D eigenvalue weighted by molar-refractivity contribution is 5.90. The van der Waals surface area contributed by atoms with Crippen molar-refractivity contribution in [1.82, 2.24) is 19.2 Å². The fourth-order valence-electron chi connectivity index (χ4n) is 3.33. The van der Waals surface area contributed by atoms with E-state index in [9.17, 15) is 18.4 Å². The molecule has 0 aliphatic heterocycles. The van der Waals surface area contributed by atoms with Gasteiger partial charge in [0.1, 0.15) is 11.6 Å². The minimum absolute atomic E-state index is 0.0569. The predicted molar refractivity (Wildman–Crippen MR) is 112 cm³/mol. The van der Waals surface area contributed by atoms with E-state index in [0.29, 0.717) is 28.9 Å². The average Bonchev–Trinajstić information content (AvgIpc) is 3.21. The number of anilines is 1. The van der Waals surface area contributed by atoms with E-state index in [2.05, 4.69) is 15.4 Å². The summed E-state index contributed by atoms with van der Waals surface area (Å²) in [6.07, 6.45) is 0.0717. The maximum Gasteiger partial charge on any atom is 0.279 e. The van der Waals surface area contributed by atoms with E-state index in [-0.39, 0.29) is 24.1 Å². The Morgan fingerprint density at radius 3 is 2.58 bits per heavy atom. The SMILES string of the molecule is Cc1c(CCC(=O)Nc2ccc(F)cc2F)c(=O)n2nc(-c3ccccc3)nc2n1C. The van der Waals surface area contributed by atoms with Gasteiger partial charge in [-0.2, -0.15) is 9.50 Å². The first-order valence-electron chi connectivity index (χ1n) is 9.60. The summed E-state index contributed by atoms with van der Waals surface area (Å²) in [5.74, 6) is -1.27. The van der Waals surface area contributed by atoms with Crippen LogP contribution < -0.4 is 10.9 Å². The zero-order chi connectivity index (χ0) is 22.1. The molecule has 158 valence electrons. The van der Waals surface area contributed by atoms with E-state index >= 15 is 0 Å². The predicted octanol–water partition coefficient (Wildman–Crippen LogP) is 3.25. The Kier molecular flexibility index (Phi) is 5.33. The van der Waals surface area contributed by atoms with Crippen molar-refractivity contribution in [3.63, 3.8) is 0 Å². The fraction of sp³-hybridized carbons (Fsp3) is 0.182. The lowest BCUT2D eigenvalue weighted by Crippen LogP contribution is -2.26. The van der Waals surface area contributed by atoms with Crippen LogP contribution in [0.5, 0.6) is 0 Å². The largest absolute Gasteiger partial charge is 0.324 e. The highest BCUT2D eigenvalue weighted by atomic mass is 19.1. The number of nitrogens with zero attached hydrogens (tertiary/aromatic N) is 4. The lowest BCUT2D eigenvalue weighted by atomic mass is 10.1. The van der Waals surface area contributed by atoms with Gasteiger partial charge in [-0.25, -0.2) is 8.78 Å². The third-order valence-corrected chi connectivity index (χ3v) is 5.12. The minimum Gasteiger partial charge on any atom is -0.324 e. The molecule has 2 heterocycles. The molecule has 1 N–H and O–H groups in total. The molecule has 2 aromatic heterocycles. The number of carbonyl (C=O) groups excluding carboxylic acids is 1. The van der Waals surface area contributed by atoms with Crippen molar-refractivity contribution in [2.24, 2.45) is 7.05 Å². The van der Waals surface area contributed by atoms with E-state index in [0.717, 1.165) is 17.7 Å². The second-order valence-corrected chi connectivity index (χ2v) is 7.11. The summed E-state index contributed by atoms with van der Waals surface area (Å²) in [6.45, 7) is 1.77. The molecule has 4 aromatic rings. The number of rotatable bonds is 5. The molecule has 0 saturated heterocycles. The first-order valence-corrected chi connectivity index (χ1v) is 9.60. The summed E-state index contributed by atoms with van der Waals surface area (Å²) in [6, 6.07) is 12.2. The fourth-order valence-corrected chi connectivity index (χ4v) is 3.33. The Morgan fingerprint density at radius 2 is 1.87 bits per heavy atom. The molecule has 0 atom stereocenters. The van der Waals surface area contributed by atoms with E-state index in [1.807, 2.05) is 30.3 Å². The van der Waals surface area contributed by atoms with Crippen LogP contribution in [-0.2, 0) is 18.3 Å². The van der Waals surface area contributed by atoms with Gasteiger partial charge in [-0.05, 0) is 25.5 Å². The lowest BCUT2D eigenvalue weighted by Gasteiger charge is -2.11. The summed E-state index contributed by atoms with van der Waals surface area (Å²) >= 11 is 0. The summed E-state index contributed by atoms with van der Waals surface area (Å²) in [4.78, 5) is 29.8. The number of halogens is 2. The topological polar surface area (TPSA) is 81.3 Å². The first-order chi connectivity index (χ1) is 14.8. The third-order valence-electron chi connectivity index (χ3n) is 5.12. The standard InChI is InChI=1S/C22H19F2N5O2/c1-13-16(9-11-19(30)25-18-10-8-15(23)12-17(18)24)21(31)29-22(28(13)2)26-20(27-29)14-6-4-3-5-7-14/h3-8,10,12H,9,11H2,1-2H3,(H,25,30). The molecule has 7 nitrogen and oxygen atoms in total. The second-order valence-electron chi connectivity index (χ2n) is 7.11. The van der Waals surface area contributed by atoms with Crippen molar-refractivity contribution in [3.05, 3.63) is 81.8 Å². The molecule has 0 radical (unpaired) electrons. The van der Waals surface area contributed by atoms with Crippen molar-refractivity contribution in [1.29, 1.82) is 0 Å². The molecular formula is C22H19F2N5O2. The molecule has 0 aliphatic rings. The lowest BCUT2D eigenvalue weighted by molar-refractivity contribution is -0.116. The molecule has 0 saturated carbocycles. The number of carbonyl (C=O) groups is 1. The molecular weight excluding hydrogens is 404 g/mol. The maximum absolute atomic E-state index is 13.7. The Hall–Kier alpha value is -3.88. The molecule has 0 unspecified atom stereocenters. The van der Waals surface area contributed by atoms with Gasteiger partial charge in [0.05, 0.1) is 5.69 Å². The van der Waals surface area contributed by atoms with Crippen LogP contribution in [0.3, 0.4) is 0 Å². The van der Waals surface area contributed by atoms with Crippen LogP contribution >= 0.6 is 0 Å². The Balaban J connectivity index is 1.60. The first kappa shape index (κ1) is 20.4. The van der Waals surface area contributed by atoms with Crippen molar-refractivity contribution in [3.8, 4) is 11.4 Å². The monoisotopic (exact) mass is 423 g/mol. The van der Waals surface area contributed by atoms with Gasteiger partial charge >= 0.3 is 0 Å². The van der Waals surface area contributed by atoms with Crippen molar-refractivity contribution < 1.29 is 13.6 Å². The van der Waals surface area contributed by atoms with Crippen LogP contribution in [0.4, 0.5) is 14.5 Å². The van der Waals surface area contributed by atoms with E-state index < -0.39 is 17.5 Å². The Morgan fingerprint density at radius 1 is 1.13 bits per heavy atom. The Labute approximate surface area is 176 Å². The highest BCUT2D eigenvalue weighted by Crippen LogP contribution is 2.18. The zero-order valence-electron chi connectivity index (χ0n) is 16.9. The van der Waals surface area contributed by atoms with Crippen molar-refractivity contribution >= 4 is 17.4 Å². The number of nitrogens with one attached hydrogen (secondary N) is 1. The van der Waals surface area contributed by atoms with Gasteiger partial charge in [0.15, 0.2) is 5.82 Å². The second kappa shape index (κ2) is 8.10. The van der Waals surface area contributed by atoms with Crippen LogP contribution in [0.25, 0.3) is 17.2 Å². The van der Waals surface area contributed by atoms with E-state index in [4.69, 9.17) is 0 Å². The molecule has 1 amide bonds. The number of hydrogen-bond donors (Lipinski definition) is 1. The molecule has 31 heavy (non-hydrogen) atoms. The molecule has 4 rings (SSSR count). The number of fused-ring (bicyclic) bond motifs is 1. The Bertz CT molecular complexity index is 1350. The number of amides is 1. The van der Waals surface area contributed by atoms with Crippen LogP contribution in [0.2, 0.25) is 0 Å². The van der Waals surface area contributed by atoms with Gasteiger partial charge in [0, 0.05) is 36.4 Å². The molecule has 0 fully saturated rings. The van der Waals surface area contributed by atoms with Gasteiger partial charge < -0.3 is 9.88 Å². The van der Waals surface area contributed by atoms with Gasteiger partial charge in [-0.3, -0.25) is 9.59 Å². The smallest absolute Gasteiger partial charge is 0.279 e. The summed E-state index contributed by atoms with van der Waals surface area (Å²) < 4.78 is 29.7. The van der Waals surface area contributed by atoms with Gasteiger partial charge in [-0.15, -0.1) is 5.10 Å². The van der Waals surface area contributed by atoms with Crippen LogP contribution in [-0.4, -0.2) is 25.1 Å². The number of aryl methyl sites for hydroxylation is 1. The molecule has 0 bridgehead atoms. The molecule has 9 heteroatoms. The van der Waals surface area contributed by atoms with Crippen molar-refractivity contribution in [2.75, 3.05) is 5.32 Å². The van der Waals surface area contributed by atoms with E-state index in [1.165, 1.54) is 4.52 Å². The number of benzene rings is 2. The van der Waals surface area contributed by atoms with E-state index in [1.54, 1.807) is 18.5 Å². The quantitative estimate of drug-likeness (QED) is 0.534. The van der Waals surface area contributed by atoms with Gasteiger partial charge in [0.2, 0.25) is 11.7 Å². The van der Waals surface area contributed by atoms with Gasteiger partial charge in [-0.1, -0.05) is 30.3 Å². The molecule has 2 aromatic carbocycles. The minimum atomic E-state index is -0.863. The van der Waals surface area contributed by atoms with Gasteiger partial charge in [0.25, 0.3) is 5.56 Å². The molecule has 0 spiro atoms. The van der Waals surface area contributed by atoms with Crippen LogP contribution in [0.1, 0.15) is 17.7 Å². The maximum atomic E-state index is 13.7. The number of hydrogen-bond acceptors (Lipinski definition) is 4. The third kappa shape index (κ3) is 3.94. The summed E-state index contributed by atoms with van der Waals surface area (Å²) in [7, 11) is 1.77. The van der Waals surface area contributed by atoms with Crippen molar-refractivity contribution in [2.45, 2.75) is 19.8 Å². The molecule has 0 aliphatic carbocycles. The van der Waals surface area contributed by atoms with Crippen LogP contribution in [0, 0.1) is 18.6 Å². The van der Waals surface area contributed by atoms with Crippen LogP contribution in [0.15, 0.2) is 53.3 Å². The summed E-state index contributed by atoms with van der Waals surface area (Å²) in [5.41, 5.74) is 1.38. The summed E-state index contributed by atoms with van der Waals surface area (Å²) in [5, 5.41) is 6.75. The number of aromatic nitrogens is 4. The highest BCUT2D eigenvalue weighted by Gasteiger charge is 2.18. The normalized spacial score (nSPS) is 11.1.